The minimum atomic E-state index is -1.14. The first-order chi connectivity index (χ1) is 8.65. The molecule has 0 saturated carbocycles. The molecule has 0 aromatic heterocycles. The second-order valence-electron chi connectivity index (χ2n) is 4.04. The molecule has 0 fully saturated rings. The number of nitrogens with two attached hydrogens (primary N) is 1. The third-order valence-electron chi connectivity index (χ3n) is 2.86. The second kappa shape index (κ2) is 5.16. The number of carbonyl (C=O) groups is 1. The molecule has 0 aliphatic heterocycles. The van der Waals surface area contributed by atoms with Crippen LogP contribution in [0.15, 0.2) is 36.4 Å². The molecule has 2 aromatic rings. The molecule has 3 N–H and O–H groups in total. The highest BCUT2D eigenvalue weighted by Crippen LogP contribution is 2.22. The second-order valence-corrected chi connectivity index (χ2v) is 4.04. The van der Waals surface area contributed by atoms with Gasteiger partial charge < -0.3 is 15.6 Å². The van der Waals surface area contributed by atoms with E-state index in [1.54, 1.807) is 19.2 Å². The van der Waals surface area contributed by atoms with Crippen molar-refractivity contribution >= 4 is 16.6 Å². The Morgan fingerprint density at radius 3 is 2.61 bits per heavy atom. The fourth-order valence-corrected chi connectivity index (χ4v) is 1.80. The van der Waals surface area contributed by atoms with Crippen LogP contribution in [0.2, 0.25) is 0 Å². The highest BCUT2D eigenvalue weighted by Gasteiger charge is 2.15. The summed E-state index contributed by atoms with van der Waals surface area (Å²) >= 11 is 0. The van der Waals surface area contributed by atoms with Crippen LogP contribution in [-0.2, 0) is 0 Å². The number of methoxy groups -OCH3 is 1. The molecular weight excluding hydrogens is 230 g/mol. The number of ether oxygens (including phenoxy) is 1. The van der Waals surface area contributed by atoms with Crippen molar-refractivity contribution in [3.63, 3.8) is 0 Å². The van der Waals surface area contributed by atoms with E-state index in [1.165, 1.54) is 0 Å². The first-order valence-corrected chi connectivity index (χ1v) is 5.66. The zero-order valence-corrected chi connectivity index (χ0v) is 10.1. The summed E-state index contributed by atoms with van der Waals surface area (Å²) in [6, 6.07) is 10.9. The third-order valence-corrected chi connectivity index (χ3v) is 2.86. The molecule has 1 unspecified atom stereocenters. The van der Waals surface area contributed by atoms with Crippen molar-refractivity contribution in [1.82, 2.24) is 0 Å². The van der Waals surface area contributed by atoms with Gasteiger partial charge in [0.1, 0.15) is 11.9 Å². The standard InChI is InChI=1S/C14H15NO3/c1-18-12-5-4-9-6-11(3-2-10(9)7-12)14(17)13(16)8-15/h2-7,13,16H,8,15H2,1H3. The molecule has 2 rings (SSSR count). The zero-order valence-electron chi connectivity index (χ0n) is 10.1. The Balaban J connectivity index is 2.42. The van der Waals surface area contributed by atoms with E-state index in [-0.39, 0.29) is 12.3 Å². The van der Waals surface area contributed by atoms with Crippen LogP contribution < -0.4 is 10.5 Å². The molecule has 0 spiro atoms. The van der Waals surface area contributed by atoms with E-state index in [1.807, 2.05) is 24.3 Å². The average Bonchev–Trinajstić information content (AvgIpc) is 2.44. The van der Waals surface area contributed by atoms with Crippen LogP contribution in [0.3, 0.4) is 0 Å². The number of hydrogen-bond acceptors (Lipinski definition) is 4. The minimum absolute atomic E-state index is 0.0700. The summed E-state index contributed by atoms with van der Waals surface area (Å²) in [6.45, 7) is -0.0700. The summed E-state index contributed by atoms with van der Waals surface area (Å²) in [6.07, 6.45) is -1.14. The first-order valence-electron chi connectivity index (χ1n) is 5.66. The lowest BCUT2D eigenvalue weighted by molar-refractivity contribution is 0.0763. The van der Waals surface area contributed by atoms with E-state index in [4.69, 9.17) is 10.5 Å². The van der Waals surface area contributed by atoms with Gasteiger partial charge in [0.05, 0.1) is 7.11 Å². The Morgan fingerprint density at radius 1 is 1.28 bits per heavy atom. The van der Waals surface area contributed by atoms with Gasteiger partial charge in [-0.15, -0.1) is 0 Å². The molecule has 0 aliphatic carbocycles. The molecule has 0 bridgehead atoms. The van der Waals surface area contributed by atoms with E-state index in [9.17, 15) is 9.90 Å². The molecule has 1 atom stereocenters. The number of hydrogen-bond donors (Lipinski definition) is 2. The third kappa shape index (κ3) is 2.34. The number of carbonyl (C=O) groups excluding carboxylic acids is 1. The maximum atomic E-state index is 11.8. The van der Waals surface area contributed by atoms with Gasteiger partial charge in [0.15, 0.2) is 5.78 Å². The van der Waals surface area contributed by atoms with Crippen LogP contribution in [0.1, 0.15) is 10.4 Å². The summed E-state index contributed by atoms with van der Waals surface area (Å²) in [5.41, 5.74) is 5.74. The fraction of sp³-hybridized carbons (Fsp3) is 0.214. The number of ketones is 1. The molecule has 94 valence electrons. The summed E-state index contributed by atoms with van der Waals surface area (Å²) in [4.78, 5) is 11.8. The monoisotopic (exact) mass is 245 g/mol. The highest BCUT2D eigenvalue weighted by molar-refractivity contribution is 6.02. The maximum Gasteiger partial charge on any atom is 0.192 e. The lowest BCUT2D eigenvalue weighted by Crippen LogP contribution is -2.29. The van der Waals surface area contributed by atoms with E-state index in [0.717, 1.165) is 16.5 Å². The van der Waals surface area contributed by atoms with Crippen LogP contribution in [0, 0.1) is 0 Å². The summed E-state index contributed by atoms with van der Waals surface area (Å²) < 4.78 is 5.13. The van der Waals surface area contributed by atoms with E-state index in [2.05, 4.69) is 0 Å². The van der Waals surface area contributed by atoms with Crippen LogP contribution in [0.25, 0.3) is 10.8 Å². The van der Waals surface area contributed by atoms with E-state index >= 15 is 0 Å². The number of aliphatic hydroxyl groups excluding tert-OH is 1. The van der Waals surface area contributed by atoms with Crippen LogP contribution in [0.5, 0.6) is 5.75 Å². The van der Waals surface area contributed by atoms with Crippen LogP contribution in [-0.4, -0.2) is 30.6 Å². The molecule has 4 heteroatoms. The van der Waals surface area contributed by atoms with Crippen molar-refractivity contribution in [2.75, 3.05) is 13.7 Å². The summed E-state index contributed by atoms with van der Waals surface area (Å²) in [5, 5.41) is 11.3. The van der Waals surface area contributed by atoms with Crippen molar-refractivity contribution in [3.8, 4) is 5.75 Å². The van der Waals surface area contributed by atoms with Crippen LogP contribution in [0.4, 0.5) is 0 Å². The van der Waals surface area contributed by atoms with Crippen LogP contribution >= 0.6 is 0 Å². The van der Waals surface area contributed by atoms with Gasteiger partial charge in [0, 0.05) is 12.1 Å². The first kappa shape index (κ1) is 12.5. The number of aliphatic hydroxyl groups is 1. The highest BCUT2D eigenvalue weighted by atomic mass is 16.5. The Bertz CT molecular complexity index is 580. The summed E-state index contributed by atoms with van der Waals surface area (Å²) in [5.74, 6) is 0.416. The van der Waals surface area contributed by atoms with Gasteiger partial charge in [-0.3, -0.25) is 4.79 Å². The lowest BCUT2D eigenvalue weighted by Gasteiger charge is -2.08. The molecule has 0 saturated heterocycles. The Hall–Kier alpha value is -1.91. The van der Waals surface area contributed by atoms with Gasteiger partial charge in [-0.05, 0) is 29.0 Å². The van der Waals surface area contributed by atoms with Gasteiger partial charge in [-0.25, -0.2) is 0 Å². The van der Waals surface area contributed by atoms with Gasteiger partial charge in [0.2, 0.25) is 0 Å². The normalized spacial score (nSPS) is 12.4. The van der Waals surface area contributed by atoms with Crippen molar-refractivity contribution < 1.29 is 14.6 Å². The number of benzene rings is 2. The van der Waals surface area contributed by atoms with Crippen molar-refractivity contribution in [1.29, 1.82) is 0 Å². The van der Waals surface area contributed by atoms with Crippen molar-refractivity contribution in [2.24, 2.45) is 5.73 Å². The molecule has 0 radical (unpaired) electrons. The SMILES string of the molecule is COc1ccc2cc(C(=O)C(O)CN)ccc2c1. The zero-order chi connectivity index (χ0) is 13.1. The minimum Gasteiger partial charge on any atom is -0.497 e. The Kier molecular flexibility index (Phi) is 3.60. The molecule has 4 nitrogen and oxygen atoms in total. The molecule has 0 amide bonds. The number of rotatable bonds is 4. The largest absolute Gasteiger partial charge is 0.497 e. The fourth-order valence-electron chi connectivity index (χ4n) is 1.80. The number of fused-ring (bicyclic) bond motifs is 1. The number of Topliss-reactive ketones (excluding diaryl/α,β-unsaturated/α-hetero) is 1. The lowest BCUT2D eigenvalue weighted by atomic mass is 10.0. The predicted octanol–water partition coefficient (Wildman–Crippen LogP) is 1.35. The van der Waals surface area contributed by atoms with E-state index < -0.39 is 6.10 Å². The topological polar surface area (TPSA) is 72.5 Å². The summed E-state index contributed by atoms with van der Waals surface area (Å²) in [7, 11) is 1.61. The Morgan fingerprint density at radius 2 is 1.94 bits per heavy atom. The average molecular weight is 245 g/mol. The smallest absolute Gasteiger partial charge is 0.192 e. The van der Waals surface area contributed by atoms with Gasteiger partial charge >= 0.3 is 0 Å². The molecule has 0 heterocycles. The molecular formula is C14H15NO3. The van der Waals surface area contributed by atoms with Gasteiger partial charge in [0.25, 0.3) is 0 Å². The quantitative estimate of drug-likeness (QED) is 0.797. The maximum absolute atomic E-state index is 11.8. The predicted molar refractivity (Wildman–Crippen MR) is 69.9 cm³/mol. The van der Waals surface area contributed by atoms with E-state index in [0.29, 0.717) is 5.56 Å². The molecule has 0 aliphatic rings. The van der Waals surface area contributed by atoms with Gasteiger partial charge in [-0.1, -0.05) is 18.2 Å². The molecule has 18 heavy (non-hydrogen) atoms. The van der Waals surface area contributed by atoms with Crippen molar-refractivity contribution in [2.45, 2.75) is 6.10 Å². The molecule has 2 aromatic carbocycles. The Labute approximate surface area is 105 Å². The van der Waals surface area contributed by atoms with Gasteiger partial charge in [-0.2, -0.15) is 0 Å². The van der Waals surface area contributed by atoms with Crippen molar-refractivity contribution in [3.05, 3.63) is 42.0 Å².